The van der Waals surface area contributed by atoms with Crippen molar-refractivity contribution in [2.24, 2.45) is 0 Å². The van der Waals surface area contributed by atoms with Crippen LogP contribution in [0.15, 0.2) is 72.8 Å². The lowest BCUT2D eigenvalue weighted by molar-refractivity contribution is 0.217. The Morgan fingerprint density at radius 1 is 0.630 bits per heavy atom. The molecule has 3 aromatic carbocycles. The van der Waals surface area contributed by atoms with Gasteiger partial charge in [0.15, 0.2) is 0 Å². The summed E-state index contributed by atoms with van der Waals surface area (Å²) in [6, 6.07) is 27.1. The van der Waals surface area contributed by atoms with Gasteiger partial charge in [0.2, 0.25) is 0 Å². The quantitative estimate of drug-likeness (QED) is 0.574. The highest BCUT2D eigenvalue weighted by Crippen LogP contribution is 2.22. The van der Waals surface area contributed by atoms with E-state index in [4.69, 9.17) is 20.0 Å². The Morgan fingerprint density at radius 3 is 1.59 bits per heavy atom. The molecule has 0 heterocycles. The number of benzene rings is 3. The van der Waals surface area contributed by atoms with Gasteiger partial charge in [0.05, 0.1) is 24.1 Å². The lowest BCUT2D eigenvalue weighted by Gasteiger charge is -2.09. The summed E-state index contributed by atoms with van der Waals surface area (Å²) >= 11 is 0. The van der Waals surface area contributed by atoms with Gasteiger partial charge in [-0.25, -0.2) is 0 Å². The standard InChI is InChI=1S/C23H18N2O2/c24-14-13-18-3-9-22(10-4-18)26-15-16-27-23-11-7-21(8-12-23)20-5-1-19(17-25)2-6-20/h1-12H,13,15-16H2. The first-order chi connectivity index (χ1) is 13.3. The average molecular weight is 354 g/mol. The maximum atomic E-state index is 8.86. The van der Waals surface area contributed by atoms with Crippen molar-refractivity contribution in [3.8, 4) is 34.8 Å². The molecule has 0 aromatic heterocycles. The summed E-state index contributed by atoms with van der Waals surface area (Å²) in [5.74, 6) is 1.54. The predicted octanol–water partition coefficient (Wildman–Crippen LogP) is 4.75. The third-order valence-electron chi connectivity index (χ3n) is 4.03. The van der Waals surface area contributed by atoms with E-state index in [0.29, 0.717) is 25.2 Å². The minimum Gasteiger partial charge on any atom is -0.490 e. The third-order valence-corrected chi connectivity index (χ3v) is 4.03. The zero-order chi connectivity index (χ0) is 18.9. The van der Waals surface area contributed by atoms with Crippen LogP contribution in [0.2, 0.25) is 0 Å². The van der Waals surface area contributed by atoms with Crippen molar-refractivity contribution in [3.63, 3.8) is 0 Å². The summed E-state index contributed by atoms with van der Waals surface area (Å²) in [6.07, 6.45) is 0.405. The molecule has 0 fully saturated rings. The van der Waals surface area contributed by atoms with E-state index in [1.165, 1.54) is 0 Å². The monoisotopic (exact) mass is 354 g/mol. The normalized spacial score (nSPS) is 9.85. The van der Waals surface area contributed by atoms with Gasteiger partial charge in [-0.15, -0.1) is 0 Å². The van der Waals surface area contributed by atoms with Crippen LogP contribution in [0.25, 0.3) is 11.1 Å². The van der Waals surface area contributed by atoms with Crippen molar-refractivity contribution >= 4 is 0 Å². The summed E-state index contributed by atoms with van der Waals surface area (Å²) in [5, 5.41) is 17.5. The zero-order valence-corrected chi connectivity index (χ0v) is 14.8. The molecule has 0 N–H and O–H groups in total. The number of nitriles is 2. The Morgan fingerprint density at radius 2 is 1.11 bits per heavy atom. The lowest BCUT2D eigenvalue weighted by Crippen LogP contribution is -2.08. The fourth-order valence-electron chi connectivity index (χ4n) is 2.59. The maximum Gasteiger partial charge on any atom is 0.122 e. The van der Waals surface area contributed by atoms with Crippen molar-refractivity contribution in [2.45, 2.75) is 6.42 Å². The van der Waals surface area contributed by atoms with Crippen LogP contribution in [0.5, 0.6) is 11.5 Å². The van der Waals surface area contributed by atoms with E-state index in [1.54, 1.807) is 0 Å². The molecule has 27 heavy (non-hydrogen) atoms. The predicted molar refractivity (Wildman–Crippen MR) is 103 cm³/mol. The Kier molecular flexibility index (Phi) is 6.07. The van der Waals surface area contributed by atoms with Crippen LogP contribution in [0, 0.1) is 22.7 Å². The summed E-state index contributed by atoms with van der Waals surface area (Å²) < 4.78 is 11.3. The molecule has 0 radical (unpaired) electrons. The molecular formula is C23H18N2O2. The minimum absolute atomic E-state index is 0.405. The van der Waals surface area contributed by atoms with Gasteiger partial charge in [-0.2, -0.15) is 10.5 Å². The Hall–Kier alpha value is -3.76. The molecule has 3 rings (SSSR count). The molecule has 0 spiro atoms. The second-order valence-electron chi connectivity index (χ2n) is 5.89. The molecule has 132 valence electrons. The smallest absolute Gasteiger partial charge is 0.122 e. The molecule has 4 nitrogen and oxygen atoms in total. The first kappa shape index (κ1) is 18.0. The van der Waals surface area contributed by atoms with Crippen LogP contribution in [0.1, 0.15) is 11.1 Å². The highest BCUT2D eigenvalue weighted by Gasteiger charge is 2.00. The van der Waals surface area contributed by atoms with Crippen LogP contribution in [0.4, 0.5) is 0 Å². The fourth-order valence-corrected chi connectivity index (χ4v) is 2.59. The molecule has 0 unspecified atom stereocenters. The molecule has 0 saturated carbocycles. The Bertz CT molecular complexity index is 948. The number of hydrogen-bond donors (Lipinski definition) is 0. The number of ether oxygens (including phenoxy) is 2. The molecule has 0 aliphatic rings. The second-order valence-corrected chi connectivity index (χ2v) is 5.89. The van der Waals surface area contributed by atoms with Crippen LogP contribution in [-0.4, -0.2) is 13.2 Å². The van der Waals surface area contributed by atoms with Crippen LogP contribution >= 0.6 is 0 Å². The lowest BCUT2D eigenvalue weighted by atomic mass is 10.0. The minimum atomic E-state index is 0.405. The van der Waals surface area contributed by atoms with Gasteiger partial charge < -0.3 is 9.47 Å². The molecule has 0 bridgehead atoms. The Labute approximate surface area is 158 Å². The van der Waals surface area contributed by atoms with Crippen molar-refractivity contribution in [1.82, 2.24) is 0 Å². The van der Waals surface area contributed by atoms with Crippen molar-refractivity contribution in [3.05, 3.63) is 83.9 Å². The van der Waals surface area contributed by atoms with Crippen molar-refractivity contribution in [2.75, 3.05) is 13.2 Å². The average Bonchev–Trinajstić information content (AvgIpc) is 2.73. The van der Waals surface area contributed by atoms with Gasteiger partial charge in [0.25, 0.3) is 0 Å². The molecule has 0 amide bonds. The highest BCUT2D eigenvalue weighted by molar-refractivity contribution is 5.64. The molecule has 4 heteroatoms. The van der Waals surface area contributed by atoms with E-state index >= 15 is 0 Å². The van der Waals surface area contributed by atoms with Crippen LogP contribution in [0.3, 0.4) is 0 Å². The van der Waals surface area contributed by atoms with Gasteiger partial charge >= 0.3 is 0 Å². The van der Waals surface area contributed by atoms with Crippen LogP contribution < -0.4 is 9.47 Å². The topological polar surface area (TPSA) is 66.0 Å². The highest BCUT2D eigenvalue weighted by atomic mass is 16.5. The first-order valence-corrected chi connectivity index (χ1v) is 8.60. The van der Waals surface area contributed by atoms with E-state index in [0.717, 1.165) is 28.2 Å². The Balaban J connectivity index is 1.47. The summed E-state index contributed by atoms with van der Waals surface area (Å²) in [5.41, 5.74) is 3.76. The molecule has 0 aliphatic heterocycles. The summed E-state index contributed by atoms with van der Waals surface area (Å²) in [4.78, 5) is 0. The van der Waals surface area contributed by atoms with Gasteiger partial charge in [0, 0.05) is 0 Å². The summed E-state index contributed by atoms with van der Waals surface area (Å²) in [6.45, 7) is 0.880. The number of nitrogens with zero attached hydrogens (tertiary/aromatic N) is 2. The third kappa shape index (κ3) is 5.11. The van der Waals surface area contributed by atoms with E-state index in [9.17, 15) is 0 Å². The van der Waals surface area contributed by atoms with Gasteiger partial charge in [0.1, 0.15) is 24.7 Å². The SMILES string of the molecule is N#CCc1ccc(OCCOc2ccc(-c3ccc(C#N)cc3)cc2)cc1. The zero-order valence-electron chi connectivity index (χ0n) is 14.8. The summed E-state index contributed by atoms with van der Waals surface area (Å²) in [7, 11) is 0. The molecule has 0 saturated heterocycles. The molecule has 0 aliphatic carbocycles. The second kappa shape index (κ2) is 9.08. The number of rotatable bonds is 7. The van der Waals surface area contributed by atoms with Crippen molar-refractivity contribution < 1.29 is 9.47 Å². The largest absolute Gasteiger partial charge is 0.490 e. The van der Waals surface area contributed by atoms with Gasteiger partial charge in [-0.05, 0) is 53.1 Å². The molecule has 0 atom stereocenters. The van der Waals surface area contributed by atoms with E-state index in [2.05, 4.69) is 12.1 Å². The number of hydrogen-bond acceptors (Lipinski definition) is 4. The molecular weight excluding hydrogens is 336 g/mol. The van der Waals surface area contributed by atoms with E-state index in [-0.39, 0.29) is 0 Å². The molecule has 3 aromatic rings. The van der Waals surface area contributed by atoms with Gasteiger partial charge in [-0.3, -0.25) is 0 Å². The van der Waals surface area contributed by atoms with Crippen molar-refractivity contribution in [1.29, 1.82) is 10.5 Å². The van der Waals surface area contributed by atoms with E-state index in [1.807, 2.05) is 72.8 Å². The maximum absolute atomic E-state index is 8.86. The van der Waals surface area contributed by atoms with Crippen LogP contribution in [-0.2, 0) is 6.42 Å². The van der Waals surface area contributed by atoms with Gasteiger partial charge in [-0.1, -0.05) is 36.4 Å². The fraction of sp³-hybridized carbons (Fsp3) is 0.130. The van der Waals surface area contributed by atoms with E-state index < -0.39 is 0 Å². The first-order valence-electron chi connectivity index (χ1n) is 8.60.